The molecule has 2 aromatic rings. The van der Waals surface area contributed by atoms with E-state index in [2.05, 4.69) is 37.7 Å². The van der Waals surface area contributed by atoms with Crippen molar-refractivity contribution in [3.63, 3.8) is 0 Å². The van der Waals surface area contributed by atoms with E-state index < -0.39 is 0 Å². The van der Waals surface area contributed by atoms with E-state index in [-0.39, 0.29) is 12.4 Å². The summed E-state index contributed by atoms with van der Waals surface area (Å²) in [6, 6.07) is 5.01. The number of rotatable bonds is 5. The van der Waals surface area contributed by atoms with E-state index in [1.165, 1.54) is 29.7 Å². The fourth-order valence-electron chi connectivity index (χ4n) is 2.93. The van der Waals surface area contributed by atoms with E-state index in [1.54, 1.807) is 6.33 Å². The SMILES string of the molecule is Cl.c1csc(CN(Cc2cncnc2)C2CCCNCC2)c1. The molecule has 4 nitrogen and oxygen atoms in total. The zero-order chi connectivity index (χ0) is 14.3. The first-order chi connectivity index (χ1) is 10.4. The number of nitrogens with zero attached hydrogens (tertiary/aromatic N) is 3. The Bertz CT molecular complexity index is 512. The predicted octanol–water partition coefficient (Wildman–Crippen LogP) is 3.10. The number of hydrogen-bond donors (Lipinski definition) is 1. The number of thiophene rings is 1. The Balaban J connectivity index is 0.00000176. The molecular formula is C16H23ClN4S. The third-order valence-corrected chi connectivity index (χ3v) is 4.86. The summed E-state index contributed by atoms with van der Waals surface area (Å²) in [6.07, 6.45) is 9.22. The van der Waals surface area contributed by atoms with Gasteiger partial charge in [-0.05, 0) is 43.8 Å². The van der Waals surface area contributed by atoms with Gasteiger partial charge in [-0.25, -0.2) is 9.97 Å². The highest BCUT2D eigenvalue weighted by Gasteiger charge is 2.21. The molecule has 1 aliphatic heterocycles. The first-order valence-corrected chi connectivity index (χ1v) is 8.51. The Kier molecular flexibility index (Phi) is 7.25. The second-order valence-electron chi connectivity index (χ2n) is 5.57. The molecule has 120 valence electrons. The summed E-state index contributed by atoms with van der Waals surface area (Å²) >= 11 is 1.84. The van der Waals surface area contributed by atoms with Gasteiger partial charge in [0.2, 0.25) is 0 Å². The van der Waals surface area contributed by atoms with Gasteiger partial charge in [0.15, 0.2) is 0 Å². The third kappa shape index (κ3) is 5.02. The summed E-state index contributed by atoms with van der Waals surface area (Å²) in [5.41, 5.74) is 1.20. The van der Waals surface area contributed by atoms with Crippen LogP contribution in [0.15, 0.2) is 36.2 Å². The monoisotopic (exact) mass is 338 g/mol. The maximum Gasteiger partial charge on any atom is 0.115 e. The first kappa shape index (κ1) is 17.3. The van der Waals surface area contributed by atoms with Crippen LogP contribution in [0.4, 0.5) is 0 Å². The van der Waals surface area contributed by atoms with E-state index in [9.17, 15) is 0 Å². The molecule has 1 saturated heterocycles. The molecule has 1 unspecified atom stereocenters. The molecule has 6 heteroatoms. The molecule has 0 aliphatic carbocycles. The molecule has 1 N–H and O–H groups in total. The van der Waals surface area contributed by atoms with Gasteiger partial charge in [-0.1, -0.05) is 6.07 Å². The minimum atomic E-state index is 0. The summed E-state index contributed by atoms with van der Waals surface area (Å²) in [6.45, 7) is 4.23. The second-order valence-corrected chi connectivity index (χ2v) is 6.60. The molecule has 1 atom stereocenters. The number of halogens is 1. The van der Waals surface area contributed by atoms with Crippen molar-refractivity contribution in [3.05, 3.63) is 46.7 Å². The predicted molar refractivity (Wildman–Crippen MR) is 93.4 cm³/mol. The van der Waals surface area contributed by atoms with Crippen molar-refractivity contribution in [2.45, 2.75) is 38.4 Å². The van der Waals surface area contributed by atoms with Gasteiger partial charge in [0.05, 0.1) is 0 Å². The fraction of sp³-hybridized carbons (Fsp3) is 0.500. The van der Waals surface area contributed by atoms with Crippen molar-refractivity contribution in [1.29, 1.82) is 0 Å². The van der Waals surface area contributed by atoms with Crippen LogP contribution < -0.4 is 5.32 Å². The maximum atomic E-state index is 4.15. The van der Waals surface area contributed by atoms with Gasteiger partial charge in [-0.15, -0.1) is 23.7 Å². The Morgan fingerprint density at radius 1 is 1.18 bits per heavy atom. The van der Waals surface area contributed by atoms with Crippen LogP contribution in [0.2, 0.25) is 0 Å². The second kappa shape index (κ2) is 9.20. The average molecular weight is 339 g/mol. The quantitative estimate of drug-likeness (QED) is 0.909. The summed E-state index contributed by atoms with van der Waals surface area (Å²) < 4.78 is 0. The van der Waals surface area contributed by atoms with Gasteiger partial charge in [0.1, 0.15) is 6.33 Å². The lowest BCUT2D eigenvalue weighted by atomic mass is 10.1. The summed E-state index contributed by atoms with van der Waals surface area (Å²) in [5, 5.41) is 5.67. The molecule has 3 rings (SSSR count). The molecule has 3 heterocycles. The Labute approximate surface area is 142 Å². The van der Waals surface area contributed by atoms with Crippen molar-refractivity contribution >= 4 is 23.7 Å². The van der Waals surface area contributed by atoms with Gasteiger partial charge in [-0.2, -0.15) is 0 Å². The smallest absolute Gasteiger partial charge is 0.115 e. The lowest BCUT2D eigenvalue weighted by Gasteiger charge is -2.30. The normalized spacial score (nSPS) is 18.7. The third-order valence-electron chi connectivity index (χ3n) is 4.00. The van der Waals surface area contributed by atoms with Gasteiger partial charge in [0.25, 0.3) is 0 Å². The summed E-state index contributed by atoms with van der Waals surface area (Å²) in [7, 11) is 0. The molecule has 0 aromatic carbocycles. The first-order valence-electron chi connectivity index (χ1n) is 7.63. The van der Waals surface area contributed by atoms with Gasteiger partial charge >= 0.3 is 0 Å². The fourth-order valence-corrected chi connectivity index (χ4v) is 3.66. The largest absolute Gasteiger partial charge is 0.317 e. The van der Waals surface area contributed by atoms with Crippen molar-refractivity contribution in [3.8, 4) is 0 Å². The molecule has 0 bridgehead atoms. The van der Waals surface area contributed by atoms with Gasteiger partial charge in [-0.3, -0.25) is 4.90 Å². The van der Waals surface area contributed by atoms with E-state index in [1.807, 2.05) is 23.7 Å². The summed E-state index contributed by atoms with van der Waals surface area (Å²) in [5.74, 6) is 0. The van der Waals surface area contributed by atoms with Crippen LogP contribution in [0.1, 0.15) is 29.7 Å². The van der Waals surface area contributed by atoms with E-state index in [0.717, 1.165) is 26.2 Å². The molecule has 1 fully saturated rings. The van der Waals surface area contributed by atoms with Crippen molar-refractivity contribution < 1.29 is 0 Å². The van der Waals surface area contributed by atoms with Crippen LogP contribution in [-0.2, 0) is 13.1 Å². The van der Waals surface area contributed by atoms with Crippen LogP contribution in [-0.4, -0.2) is 34.0 Å². The molecule has 1 aliphatic rings. The van der Waals surface area contributed by atoms with Crippen molar-refractivity contribution in [2.24, 2.45) is 0 Å². The van der Waals surface area contributed by atoms with E-state index >= 15 is 0 Å². The highest BCUT2D eigenvalue weighted by molar-refractivity contribution is 7.09. The lowest BCUT2D eigenvalue weighted by molar-refractivity contribution is 0.165. The number of aromatic nitrogens is 2. The highest BCUT2D eigenvalue weighted by atomic mass is 35.5. The van der Waals surface area contributed by atoms with E-state index in [4.69, 9.17) is 0 Å². The summed E-state index contributed by atoms with van der Waals surface area (Å²) in [4.78, 5) is 12.3. The van der Waals surface area contributed by atoms with Gasteiger partial charge < -0.3 is 5.32 Å². The molecule has 0 radical (unpaired) electrons. The minimum absolute atomic E-state index is 0. The Hall–Kier alpha value is -1.01. The minimum Gasteiger partial charge on any atom is -0.317 e. The number of hydrogen-bond acceptors (Lipinski definition) is 5. The van der Waals surface area contributed by atoms with Crippen molar-refractivity contribution in [2.75, 3.05) is 13.1 Å². The number of nitrogens with one attached hydrogen (secondary N) is 1. The topological polar surface area (TPSA) is 41.1 Å². The average Bonchev–Trinajstić information content (AvgIpc) is 2.87. The van der Waals surface area contributed by atoms with Crippen LogP contribution in [0.5, 0.6) is 0 Å². The molecular weight excluding hydrogens is 316 g/mol. The van der Waals surface area contributed by atoms with Crippen LogP contribution in [0.3, 0.4) is 0 Å². The van der Waals surface area contributed by atoms with Crippen molar-refractivity contribution in [1.82, 2.24) is 20.2 Å². The van der Waals surface area contributed by atoms with Crippen LogP contribution >= 0.6 is 23.7 Å². The molecule has 22 heavy (non-hydrogen) atoms. The Morgan fingerprint density at radius 2 is 2.05 bits per heavy atom. The molecule has 0 spiro atoms. The lowest BCUT2D eigenvalue weighted by Crippen LogP contribution is -2.35. The Morgan fingerprint density at radius 3 is 2.82 bits per heavy atom. The zero-order valence-electron chi connectivity index (χ0n) is 12.6. The molecule has 0 saturated carbocycles. The van der Waals surface area contributed by atoms with Gasteiger partial charge in [0, 0.05) is 42.0 Å². The van der Waals surface area contributed by atoms with Crippen LogP contribution in [0.25, 0.3) is 0 Å². The van der Waals surface area contributed by atoms with E-state index in [0.29, 0.717) is 6.04 Å². The molecule has 2 aromatic heterocycles. The standard InChI is InChI=1S/C16H22N4S.ClH/c1-3-15(5-7-17-6-1)20(12-16-4-2-8-21-16)11-14-9-18-13-19-10-14;/h2,4,8-10,13,15,17H,1,3,5-7,11-12H2;1H. The molecule has 0 amide bonds. The maximum absolute atomic E-state index is 4.15. The van der Waals surface area contributed by atoms with Crippen LogP contribution in [0, 0.1) is 0 Å². The zero-order valence-corrected chi connectivity index (χ0v) is 14.3. The highest BCUT2D eigenvalue weighted by Crippen LogP contribution is 2.21.